The fourth-order valence-electron chi connectivity index (χ4n) is 0. The molecule has 0 rings (SSSR count). The van der Waals surface area contributed by atoms with Gasteiger partial charge in [0.25, 0.3) is 0 Å². The zero-order valence-corrected chi connectivity index (χ0v) is 8.98. The van der Waals surface area contributed by atoms with Gasteiger partial charge in [-0.05, 0) is 0 Å². The molecule has 0 spiro atoms. The lowest BCUT2D eigenvalue weighted by molar-refractivity contribution is 0.690. The first-order valence-corrected chi connectivity index (χ1v) is 3.60. The van der Waals surface area contributed by atoms with Gasteiger partial charge in [-0.15, -0.1) is 0 Å². The smallest absolute Gasteiger partial charge is 0.129 e. The average molecular weight is 132 g/mol. The average Bonchev–Trinajstić information content (AvgIpc) is 1.69. The maximum atomic E-state index is 4.53. The lowest BCUT2D eigenvalue weighted by atomic mass is 10.6. The van der Waals surface area contributed by atoms with Crippen LogP contribution in [-0.2, 0) is 4.12 Å². The first kappa shape index (κ1) is 9.98. The molecule has 0 atom stereocenters. The zero-order chi connectivity index (χ0) is 6.12. The van der Waals surface area contributed by atoms with Crippen molar-refractivity contribution < 1.29 is 4.12 Å². The summed E-state index contributed by atoms with van der Waals surface area (Å²) < 4.78 is 4.53. The molecule has 0 aliphatic carbocycles. The maximum absolute atomic E-state index is 4.53. The third-order valence-corrected chi connectivity index (χ3v) is 0.167. The predicted molar refractivity (Wildman–Crippen MR) is 41.4 cm³/mol. The third-order valence-electron chi connectivity index (χ3n) is 0.167. The minimum atomic E-state index is 0.931. The predicted octanol–water partition coefficient (Wildman–Crippen LogP) is -1.08. The maximum Gasteiger partial charge on any atom is 0.129 e. The second-order valence-corrected chi connectivity index (χ2v) is 4.15. The third kappa shape index (κ3) is 115. The van der Waals surface area contributed by atoms with Gasteiger partial charge in [-0.3, -0.25) is 0 Å². The van der Waals surface area contributed by atoms with Crippen molar-refractivity contribution in [3.05, 3.63) is 25.3 Å². The molecule has 0 fully saturated rings. The van der Waals surface area contributed by atoms with Crippen LogP contribution in [0.1, 0.15) is 0 Å². The molecular weight excluding hydrogens is 120 g/mol. The SMILES string of the molecule is C=CC=C.[SiH3]O[SiH3]. The molecular formula is C4H12OSi2. The van der Waals surface area contributed by atoms with Gasteiger partial charge in [-0.2, -0.15) is 0 Å². The number of hydrogen-bond acceptors (Lipinski definition) is 1. The Morgan fingerprint density at radius 1 is 1.14 bits per heavy atom. The van der Waals surface area contributed by atoms with Gasteiger partial charge in [0.15, 0.2) is 0 Å². The van der Waals surface area contributed by atoms with E-state index in [-0.39, 0.29) is 0 Å². The van der Waals surface area contributed by atoms with Gasteiger partial charge in [-0.25, -0.2) is 0 Å². The van der Waals surface area contributed by atoms with E-state index in [1.165, 1.54) is 0 Å². The Bertz CT molecular complexity index is 39.0. The molecule has 3 heteroatoms. The van der Waals surface area contributed by atoms with Crippen molar-refractivity contribution in [2.45, 2.75) is 0 Å². The van der Waals surface area contributed by atoms with Crippen LogP contribution in [0.2, 0.25) is 0 Å². The lowest BCUT2D eigenvalue weighted by Crippen LogP contribution is -1.65. The first-order valence-electron chi connectivity index (χ1n) is 1.97. The van der Waals surface area contributed by atoms with E-state index < -0.39 is 0 Å². The monoisotopic (exact) mass is 132 g/mol. The molecule has 0 aromatic carbocycles. The van der Waals surface area contributed by atoms with Gasteiger partial charge >= 0.3 is 0 Å². The minimum Gasteiger partial charge on any atom is -0.471 e. The standard InChI is InChI=1S/C4H6.H6OSi2/c1-3-4-2;2-1-3/h3-4H,1-2H2;2-3H3. The van der Waals surface area contributed by atoms with E-state index in [2.05, 4.69) is 17.3 Å². The molecule has 7 heavy (non-hydrogen) atoms. The van der Waals surface area contributed by atoms with Crippen LogP contribution in [0, 0.1) is 0 Å². The lowest BCUT2D eigenvalue weighted by Gasteiger charge is -1.62. The fourth-order valence-corrected chi connectivity index (χ4v) is 0. The second-order valence-electron chi connectivity index (χ2n) is 0.880. The quantitative estimate of drug-likeness (QED) is 0.326. The molecule has 0 aromatic rings. The molecule has 0 saturated heterocycles. The molecule has 1 nitrogen and oxygen atoms in total. The molecule has 0 heterocycles. The largest absolute Gasteiger partial charge is 0.471 e. The summed E-state index contributed by atoms with van der Waals surface area (Å²) in [4.78, 5) is 0. The Labute approximate surface area is 51.2 Å². The Morgan fingerprint density at radius 2 is 1.29 bits per heavy atom. The molecule has 0 amide bonds. The van der Waals surface area contributed by atoms with E-state index in [4.69, 9.17) is 0 Å². The van der Waals surface area contributed by atoms with Gasteiger partial charge in [0.1, 0.15) is 21.0 Å². The van der Waals surface area contributed by atoms with Gasteiger partial charge in [0.2, 0.25) is 0 Å². The van der Waals surface area contributed by atoms with Crippen molar-refractivity contribution >= 4 is 21.0 Å². The van der Waals surface area contributed by atoms with Crippen LogP contribution in [0.25, 0.3) is 0 Å². The van der Waals surface area contributed by atoms with Crippen LogP contribution in [0.5, 0.6) is 0 Å². The van der Waals surface area contributed by atoms with Crippen molar-refractivity contribution in [1.29, 1.82) is 0 Å². The molecule has 42 valence electrons. The summed E-state index contributed by atoms with van der Waals surface area (Å²) in [5.41, 5.74) is 0. The highest BCUT2D eigenvalue weighted by atomic mass is 28.3. The van der Waals surface area contributed by atoms with Crippen LogP contribution in [0.15, 0.2) is 25.3 Å². The Balaban J connectivity index is 0. The molecule has 0 saturated carbocycles. The normalized spacial score (nSPS) is 6.29. The van der Waals surface area contributed by atoms with E-state index >= 15 is 0 Å². The molecule has 0 N–H and O–H groups in total. The summed E-state index contributed by atoms with van der Waals surface area (Å²) in [7, 11) is 1.86. The number of hydrogen-bond donors (Lipinski definition) is 0. The van der Waals surface area contributed by atoms with E-state index in [1.807, 2.05) is 0 Å². The van der Waals surface area contributed by atoms with Gasteiger partial charge < -0.3 is 4.12 Å². The van der Waals surface area contributed by atoms with Crippen molar-refractivity contribution in [3.63, 3.8) is 0 Å². The Hall–Kier alpha value is -0.126. The van der Waals surface area contributed by atoms with Crippen LogP contribution in [-0.4, -0.2) is 21.0 Å². The first-order chi connectivity index (χ1) is 3.33. The van der Waals surface area contributed by atoms with E-state index in [0.29, 0.717) is 0 Å². The summed E-state index contributed by atoms with van der Waals surface area (Å²) in [6.45, 7) is 6.72. The van der Waals surface area contributed by atoms with Crippen LogP contribution in [0.4, 0.5) is 0 Å². The number of allylic oxidation sites excluding steroid dienone is 2. The molecule has 0 aromatic heterocycles. The van der Waals surface area contributed by atoms with E-state index in [0.717, 1.165) is 21.0 Å². The minimum absolute atomic E-state index is 0.931. The molecule has 0 aliphatic heterocycles. The van der Waals surface area contributed by atoms with Gasteiger partial charge in [-0.1, -0.05) is 25.3 Å². The molecule has 0 aliphatic rings. The summed E-state index contributed by atoms with van der Waals surface area (Å²) in [5, 5.41) is 0. The highest BCUT2D eigenvalue weighted by Gasteiger charge is 1.29. The fraction of sp³-hybridized carbons (Fsp3) is 0. The van der Waals surface area contributed by atoms with E-state index in [9.17, 15) is 0 Å². The number of rotatable bonds is 1. The Kier molecular flexibility index (Phi) is 24.1. The second kappa shape index (κ2) is 16.9. The topological polar surface area (TPSA) is 9.23 Å². The molecule has 0 radical (unpaired) electrons. The van der Waals surface area contributed by atoms with Crippen molar-refractivity contribution in [2.24, 2.45) is 0 Å². The summed E-state index contributed by atoms with van der Waals surface area (Å²) in [6, 6.07) is 0. The van der Waals surface area contributed by atoms with E-state index in [1.54, 1.807) is 12.2 Å². The highest BCUT2D eigenvalue weighted by Crippen LogP contribution is 1.52. The Morgan fingerprint density at radius 3 is 1.29 bits per heavy atom. The van der Waals surface area contributed by atoms with Gasteiger partial charge in [0, 0.05) is 0 Å². The molecule has 0 unspecified atom stereocenters. The molecule has 0 bridgehead atoms. The van der Waals surface area contributed by atoms with Crippen LogP contribution >= 0.6 is 0 Å². The van der Waals surface area contributed by atoms with Crippen molar-refractivity contribution in [2.75, 3.05) is 0 Å². The highest BCUT2D eigenvalue weighted by molar-refractivity contribution is 6.15. The van der Waals surface area contributed by atoms with Gasteiger partial charge in [0.05, 0.1) is 0 Å². The summed E-state index contributed by atoms with van der Waals surface area (Å²) >= 11 is 0. The van der Waals surface area contributed by atoms with Crippen molar-refractivity contribution in [3.8, 4) is 0 Å². The van der Waals surface area contributed by atoms with Crippen LogP contribution in [0.3, 0.4) is 0 Å². The zero-order valence-electron chi connectivity index (χ0n) is 4.98. The summed E-state index contributed by atoms with van der Waals surface area (Å²) in [5.74, 6) is 0. The van der Waals surface area contributed by atoms with Crippen molar-refractivity contribution in [1.82, 2.24) is 0 Å². The van der Waals surface area contributed by atoms with Crippen LogP contribution < -0.4 is 0 Å². The summed E-state index contributed by atoms with van der Waals surface area (Å²) in [6.07, 6.45) is 3.28.